The van der Waals surface area contributed by atoms with E-state index in [4.69, 9.17) is 17.3 Å². The van der Waals surface area contributed by atoms with Crippen LogP contribution in [0.2, 0.25) is 5.02 Å². The Morgan fingerprint density at radius 2 is 1.77 bits per heavy atom. The maximum Gasteiger partial charge on any atom is 0.405 e. The molecule has 164 valence electrons. The number of carboxylic acids is 1. The van der Waals surface area contributed by atoms with Crippen molar-refractivity contribution in [3.05, 3.63) is 62.7 Å². The van der Waals surface area contributed by atoms with E-state index >= 15 is 0 Å². The number of hydrogen-bond acceptors (Lipinski definition) is 4. The van der Waals surface area contributed by atoms with E-state index in [9.17, 15) is 41.0 Å². The first-order valence-electron chi connectivity index (χ1n) is 8.18. The molecule has 13 heteroatoms. The molecule has 0 fully saturated rings. The number of anilines is 2. The number of hydrogen-bond donors (Lipinski definition) is 3. The summed E-state index contributed by atoms with van der Waals surface area (Å²) in [5.74, 6) is -5.55. The highest BCUT2D eigenvalue weighted by molar-refractivity contribution is 6.38. The first-order valence-corrected chi connectivity index (χ1v) is 8.55. The standard InChI is InChI=1S/C18H10ClF6N3O3/c19-13-14(27-5-18(23,24)25)10(22)1-6-15(13)28(4-7(16(6)29)17(30)31)12-3-11(26)8(20)2-9(12)21/h1-4,27H,5,26H2,(H,30,31). The zero-order valence-electron chi connectivity index (χ0n) is 15.0. The lowest BCUT2D eigenvalue weighted by atomic mass is 10.1. The first kappa shape index (κ1) is 22.3. The molecule has 0 saturated heterocycles. The van der Waals surface area contributed by atoms with Gasteiger partial charge in [-0.05, 0) is 12.1 Å². The van der Waals surface area contributed by atoms with Crippen LogP contribution in [0.1, 0.15) is 10.4 Å². The predicted octanol–water partition coefficient (Wildman–Crippen LogP) is 4.32. The number of carboxylic acid groups (broad SMARTS) is 1. The van der Waals surface area contributed by atoms with Gasteiger partial charge in [0.1, 0.15) is 29.6 Å². The number of carbonyl (C=O) groups is 1. The summed E-state index contributed by atoms with van der Waals surface area (Å²) in [6.07, 6.45) is -4.13. The Balaban J connectivity index is 2.45. The van der Waals surface area contributed by atoms with Crippen molar-refractivity contribution in [3.8, 4) is 5.69 Å². The third kappa shape index (κ3) is 4.10. The second kappa shape index (κ2) is 7.69. The molecular weight excluding hydrogens is 456 g/mol. The summed E-state index contributed by atoms with van der Waals surface area (Å²) >= 11 is 6.05. The van der Waals surface area contributed by atoms with Crippen molar-refractivity contribution in [2.75, 3.05) is 17.6 Å². The molecule has 31 heavy (non-hydrogen) atoms. The molecule has 0 spiro atoms. The molecule has 0 amide bonds. The van der Waals surface area contributed by atoms with Crippen molar-refractivity contribution in [2.24, 2.45) is 0 Å². The van der Waals surface area contributed by atoms with Gasteiger partial charge >= 0.3 is 12.1 Å². The van der Waals surface area contributed by atoms with E-state index in [-0.39, 0.29) is 0 Å². The quantitative estimate of drug-likeness (QED) is 0.394. The van der Waals surface area contributed by atoms with Crippen molar-refractivity contribution in [1.29, 1.82) is 0 Å². The number of nitrogen functional groups attached to an aromatic ring is 1. The monoisotopic (exact) mass is 465 g/mol. The van der Waals surface area contributed by atoms with Gasteiger partial charge in [-0.2, -0.15) is 13.2 Å². The van der Waals surface area contributed by atoms with Crippen molar-refractivity contribution < 1.29 is 36.2 Å². The number of alkyl halides is 3. The van der Waals surface area contributed by atoms with Gasteiger partial charge < -0.3 is 20.7 Å². The van der Waals surface area contributed by atoms with Gasteiger partial charge in [-0.25, -0.2) is 18.0 Å². The Morgan fingerprint density at radius 3 is 2.35 bits per heavy atom. The SMILES string of the molecule is Nc1cc(-n2cc(C(=O)O)c(=O)c3cc(F)c(NCC(F)(F)F)c(Cl)c32)c(F)cc1F. The van der Waals surface area contributed by atoms with Crippen LogP contribution in [0, 0.1) is 17.5 Å². The van der Waals surface area contributed by atoms with E-state index in [0.29, 0.717) is 22.9 Å². The molecule has 1 heterocycles. The minimum Gasteiger partial charge on any atom is -0.477 e. The maximum atomic E-state index is 14.5. The number of halogens is 7. The number of pyridine rings is 1. The Hall–Kier alpha value is -3.41. The fourth-order valence-electron chi connectivity index (χ4n) is 2.85. The molecule has 0 saturated carbocycles. The van der Waals surface area contributed by atoms with E-state index < -0.39 is 80.1 Å². The van der Waals surface area contributed by atoms with Gasteiger partial charge in [0.25, 0.3) is 0 Å². The third-order valence-electron chi connectivity index (χ3n) is 4.20. The lowest BCUT2D eigenvalue weighted by Crippen LogP contribution is -2.23. The van der Waals surface area contributed by atoms with E-state index in [1.165, 1.54) is 0 Å². The highest BCUT2D eigenvalue weighted by Crippen LogP contribution is 2.35. The maximum absolute atomic E-state index is 14.5. The fraction of sp³-hybridized carbons (Fsp3) is 0.111. The van der Waals surface area contributed by atoms with Gasteiger partial charge in [0.15, 0.2) is 0 Å². The minimum absolute atomic E-state index is 0.370. The van der Waals surface area contributed by atoms with E-state index in [2.05, 4.69) is 0 Å². The number of nitrogens with one attached hydrogen (secondary N) is 1. The molecular formula is C18H10ClF6N3O3. The topological polar surface area (TPSA) is 97.3 Å². The first-order chi connectivity index (χ1) is 14.3. The van der Waals surface area contributed by atoms with Crippen molar-refractivity contribution in [3.63, 3.8) is 0 Å². The molecule has 0 unspecified atom stereocenters. The molecule has 0 radical (unpaired) electrons. The number of benzene rings is 2. The zero-order valence-corrected chi connectivity index (χ0v) is 15.7. The van der Waals surface area contributed by atoms with Crippen LogP contribution in [0.25, 0.3) is 16.6 Å². The highest BCUT2D eigenvalue weighted by Gasteiger charge is 2.29. The Labute approximate surface area is 173 Å². The van der Waals surface area contributed by atoms with Crippen molar-refractivity contribution >= 4 is 39.8 Å². The summed E-state index contributed by atoms with van der Waals surface area (Å²) < 4.78 is 80.8. The average molecular weight is 466 g/mol. The van der Waals surface area contributed by atoms with Crippen molar-refractivity contribution in [2.45, 2.75) is 6.18 Å². The molecule has 2 aromatic carbocycles. The smallest absolute Gasteiger partial charge is 0.405 e. The molecule has 0 aliphatic rings. The summed E-state index contributed by atoms with van der Waals surface area (Å²) in [4.78, 5) is 23.9. The molecule has 0 aliphatic carbocycles. The zero-order chi connectivity index (χ0) is 23.2. The van der Waals surface area contributed by atoms with Crippen LogP contribution in [0.15, 0.2) is 29.2 Å². The molecule has 0 atom stereocenters. The average Bonchev–Trinajstić information content (AvgIpc) is 2.64. The van der Waals surface area contributed by atoms with Crippen LogP contribution in [0.4, 0.5) is 37.7 Å². The van der Waals surface area contributed by atoms with Crippen LogP contribution < -0.4 is 16.5 Å². The van der Waals surface area contributed by atoms with Crippen LogP contribution in [-0.2, 0) is 0 Å². The van der Waals surface area contributed by atoms with Crippen LogP contribution >= 0.6 is 11.6 Å². The summed E-state index contributed by atoms with van der Waals surface area (Å²) in [5, 5.41) is 9.58. The summed E-state index contributed by atoms with van der Waals surface area (Å²) in [7, 11) is 0. The normalized spacial score (nSPS) is 11.7. The van der Waals surface area contributed by atoms with Crippen LogP contribution in [0.3, 0.4) is 0 Å². The minimum atomic E-state index is -4.75. The van der Waals surface area contributed by atoms with E-state index in [0.717, 1.165) is 6.07 Å². The van der Waals surface area contributed by atoms with Gasteiger partial charge in [-0.3, -0.25) is 4.79 Å². The summed E-state index contributed by atoms with van der Waals surface area (Å²) in [5.41, 5.74) is 0.742. The number of nitrogens with two attached hydrogens (primary N) is 1. The van der Waals surface area contributed by atoms with Crippen LogP contribution in [0.5, 0.6) is 0 Å². The Morgan fingerprint density at radius 1 is 1.13 bits per heavy atom. The largest absolute Gasteiger partial charge is 0.477 e. The van der Waals surface area contributed by atoms with Crippen molar-refractivity contribution in [1.82, 2.24) is 4.57 Å². The lowest BCUT2D eigenvalue weighted by Gasteiger charge is -2.18. The Bertz CT molecular complexity index is 1290. The third-order valence-corrected chi connectivity index (χ3v) is 4.57. The summed E-state index contributed by atoms with van der Waals surface area (Å²) in [6.45, 7) is -1.69. The van der Waals surface area contributed by atoms with Gasteiger partial charge in [0, 0.05) is 12.3 Å². The number of aromatic carboxylic acids is 1. The molecule has 3 rings (SSSR count). The number of aromatic nitrogens is 1. The van der Waals surface area contributed by atoms with E-state index in [1.54, 1.807) is 5.32 Å². The fourth-order valence-corrected chi connectivity index (χ4v) is 3.20. The van der Waals surface area contributed by atoms with Gasteiger partial charge in [-0.15, -0.1) is 0 Å². The second-order valence-corrected chi connectivity index (χ2v) is 6.66. The number of rotatable bonds is 4. The van der Waals surface area contributed by atoms with Gasteiger partial charge in [0.05, 0.1) is 33.0 Å². The van der Waals surface area contributed by atoms with E-state index in [1.807, 2.05) is 0 Å². The van der Waals surface area contributed by atoms with Gasteiger partial charge in [0.2, 0.25) is 5.43 Å². The lowest BCUT2D eigenvalue weighted by molar-refractivity contribution is -0.115. The predicted molar refractivity (Wildman–Crippen MR) is 100 cm³/mol. The van der Waals surface area contributed by atoms with Gasteiger partial charge in [-0.1, -0.05) is 11.6 Å². The number of nitrogens with zero attached hydrogens (tertiary/aromatic N) is 1. The molecule has 4 N–H and O–H groups in total. The second-order valence-electron chi connectivity index (χ2n) is 6.28. The molecule has 6 nitrogen and oxygen atoms in total. The van der Waals surface area contributed by atoms with Crippen LogP contribution in [-0.4, -0.2) is 28.4 Å². The highest BCUT2D eigenvalue weighted by atomic mass is 35.5. The summed E-state index contributed by atoms with van der Waals surface area (Å²) in [6, 6.07) is 1.59. The molecule has 0 aliphatic heterocycles. The molecule has 0 bridgehead atoms. The molecule has 1 aromatic heterocycles. The molecule has 3 aromatic rings. The number of fused-ring (bicyclic) bond motifs is 1. The Kier molecular flexibility index (Phi) is 5.53.